The highest BCUT2D eigenvalue weighted by atomic mass is 16.5. The van der Waals surface area contributed by atoms with E-state index in [4.69, 9.17) is 4.74 Å². The van der Waals surface area contributed by atoms with Crippen molar-refractivity contribution in [3.63, 3.8) is 0 Å². The average Bonchev–Trinajstić information content (AvgIpc) is 2.15. The van der Waals surface area contributed by atoms with Crippen molar-refractivity contribution in [3.05, 3.63) is 0 Å². The maximum atomic E-state index is 5.12. The lowest BCUT2D eigenvalue weighted by Crippen LogP contribution is -2.29. The van der Waals surface area contributed by atoms with Gasteiger partial charge in [0.25, 0.3) is 0 Å². The van der Waals surface area contributed by atoms with E-state index < -0.39 is 0 Å². The molecule has 43 valence electrons. The maximum absolute atomic E-state index is 5.12. The Morgan fingerprint density at radius 3 is 3.50 bits per heavy atom. The van der Waals surface area contributed by atoms with Crippen LogP contribution in [0.1, 0.15) is 0 Å². The first-order valence-electron chi connectivity index (χ1n) is 2.75. The standard InChI is InChI=1S/C5H7N2O/c1-4-5(2-8-1)7-3-6-4/h4-5H,1-2H2,(H,6,7). The Hall–Kier alpha value is -0.570. The lowest BCUT2D eigenvalue weighted by atomic mass is 10.2. The van der Waals surface area contributed by atoms with E-state index >= 15 is 0 Å². The highest BCUT2D eigenvalue weighted by Gasteiger charge is 2.29. The van der Waals surface area contributed by atoms with Gasteiger partial charge in [-0.15, -0.1) is 0 Å². The summed E-state index contributed by atoms with van der Waals surface area (Å²) < 4.78 is 5.12. The van der Waals surface area contributed by atoms with Gasteiger partial charge in [-0.3, -0.25) is 4.99 Å². The summed E-state index contributed by atoms with van der Waals surface area (Å²) in [5, 5.41) is 2.98. The summed E-state index contributed by atoms with van der Waals surface area (Å²) in [6.07, 6.45) is 2.72. The van der Waals surface area contributed by atoms with Gasteiger partial charge < -0.3 is 10.1 Å². The molecule has 0 aromatic rings. The molecule has 2 aliphatic heterocycles. The van der Waals surface area contributed by atoms with E-state index in [2.05, 4.69) is 16.6 Å². The van der Waals surface area contributed by atoms with E-state index in [1.807, 2.05) is 0 Å². The number of hydrogen-bond donors (Lipinski definition) is 1. The fourth-order valence-electron chi connectivity index (χ4n) is 1.01. The first-order valence-corrected chi connectivity index (χ1v) is 2.75. The molecule has 0 aromatic carbocycles. The minimum atomic E-state index is 0.356. The molecule has 1 fully saturated rings. The summed E-state index contributed by atoms with van der Waals surface area (Å²) in [6, 6.07) is 0.782. The van der Waals surface area contributed by atoms with Crippen molar-refractivity contribution in [2.75, 3.05) is 13.2 Å². The van der Waals surface area contributed by atoms with Gasteiger partial charge in [-0.1, -0.05) is 0 Å². The SMILES string of the molecule is [C]1=NC2COCC2N1. The van der Waals surface area contributed by atoms with Gasteiger partial charge in [0.05, 0.1) is 25.3 Å². The Labute approximate surface area is 47.7 Å². The minimum absolute atomic E-state index is 0.356. The number of nitrogens with one attached hydrogen (secondary N) is 1. The highest BCUT2D eigenvalue weighted by molar-refractivity contribution is 5.58. The molecule has 0 saturated carbocycles. The molecule has 0 bridgehead atoms. The van der Waals surface area contributed by atoms with Crippen LogP contribution in [0.25, 0.3) is 0 Å². The Bertz CT molecular complexity index is 124. The molecule has 2 aliphatic rings. The lowest BCUT2D eigenvalue weighted by molar-refractivity contribution is 0.188. The molecule has 2 rings (SSSR count). The lowest BCUT2D eigenvalue weighted by Gasteiger charge is -2.01. The zero-order valence-corrected chi connectivity index (χ0v) is 4.42. The smallest absolute Gasteiger partial charge is 0.164 e. The summed E-state index contributed by atoms with van der Waals surface area (Å²) in [5.41, 5.74) is 0. The second-order valence-corrected chi connectivity index (χ2v) is 2.10. The predicted octanol–water partition coefficient (Wildman–Crippen LogP) is -0.738. The van der Waals surface area contributed by atoms with Crippen molar-refractivity contribution < 1.29 is 4.74 Å². The Morgan fingerprint density at radius 2 is 2.62 bits per heavy atom. The summed E-state index contributed by atoms with van der Waals surface area (Å²) in [4.78, 5) is 4.01. The van der Waals surface area contributed by atoms with Crippen molar-refractivity contribution in [1.29, 1.82) is 0 Å². The minimum Gasteiger partial charge on any atom is -0.377 e. The molecule has 1 N–H and O–H groups in total. The molecule has 2 heterocycles. The van der Waals surface area contributed by atoms with Gasteiger partial charge in [-0.2, -0.15) is 0 Å². The van der Waals surface area contributed by atoms with Crippen LogP contribution in [0.3, 0.4) is 0 Å². The third-order valence-corrected chi connectivity index (χ3v) is 1.53. The quantitative estimate of drug-likeness (QED) is 0.447. The normalized spacial score (nSPS) is 42.0. The van der Waals surface area contributed by atoms with Gasteiger partial charge in [-0.05, 0) is 0 Å². The van der Waals surface area contributed by atoms with Gasteiger partial charge in [0.2, 0.25) is 0 Å². The highest BCUT2D eigenvalue weighted by Crippen LogP contribution is 2.11. The number of ether oxygens (including phenoxy) is 1. The van der Waals surface area contributed by atoms with Gasteiger partial charge in [-0.25, -0.2) is 0 Å². The van der Waals surface area contributed by atoms with Crippen LogP contribution in [0.4, 0.5) is 0 Å². The van der Waals surface area contributed by atoms with Crippen LogP contribution < -0.4 is 5.32 Å². The Morgan fingerprint density at radius 1 is 1.62 bits per heavy atom. The maximum Gasteiger partial charge on any atom is 0.164 e. The van der Waals surface area contributed by atoms with Gasteiger partial charge >= 0.3 is 0 Å². The summed E-state index contributed by atoms with van der Waals surface area (Å²) in [5.74, 6) is 0. The molecule has 1 radical (unpaired) electrons. The Balaban J connectivity index is 2.13. The average molecular weight is 111 g/mol. The van der Waals surface area contributed by atoms with E-state index in [0.717, 1.165) is 13.2 Å². The molecule has 0 aliphatic carbocycles. The molecule has 2 unspecified atom stereocenters. The predicted molar refractivity (Wildman–Crippen MR) is 29.0 cm³/mol. The molecule has 1 saturated heterocycles. The van der Waals surface area contributed by atoms with Crippen LogP contribution in [0.5, 0.6) is 0 Å². The van der Waals surface area contributed by atoms with Gasteiger partial charge in [0.15, 0.2) is 6.34 Å². The van der Waals surface area contributed by atoms with Crippen molar-refractivity contribution in [1.82, 2.24) is 5.32 Å². The molecule has 3 heteroatoms. The number of aliphatic imine (C=N–C) groups is 1. The molecule has 0 amide bonds. The van der Waals surface area contributed by atoms with E-state index in [0.29, 0.717) is 12.1 Å². The third kappa shape index (κ3) is 0.448. The fourth-order valence-corrected chi connectivity index (χ4v) is 1.01. The molecular formula is C5H7N2O. The molecule has 3 nitrogen and oxygen atoms in total. The third-order valence-electron chi connectivity index (χ3n) is 1.53. The second-order valence-electron chi connectivity index (χ2n) is 2.10. The van der Waals surface area contributed by atoms with E-state index in [-0.39, 0.29) is 0 Å². The summed E-state index contributed by atoms with van der Waals surface area (Å²) >= 11 is 0. The zero-order chi connectivity index (χ0) is 5.40. The molecule has 8 heavy (non-hydrogen) atoms. The van der Waals surface area contributed by atoms with Gasteiger partial charge in [0.1, 0.15) is 0 Å². The first-order chi connectivity index (χ1) is 3.97. The van der Waals surface area contributed by atoms with Crippen molar-refractivity contribution >= 4 is 6.34 Å². The van der Waals surface area contributed by atoms with Crippen LogP contribution in [0, 0.1) is 0 Å². The monoisotopic (exact) mass is 111 g/mol. The van der Waals surface area contributed by atoms with E-state index in [9.17, 15) is 0 Å². The molecule has 0 spiro atoms. The summed E-state index contributed by atoms with van der Waals surface area (Å²) in [7, 11) is 0. The molecule has 2 atom stereocenters. The van der Waals surface area contributed by atoms with Crippen LogP contribution in [0.2, 0.25) is 0 Å². The van der Waals surface area contributed by atoms with Crippen molar-refractivity contribution in [3.8, 4) is 0 Å². The Kier molecular flexibility index (Phi) is 0.784. The first kappa shape index (κ1) is 4.32. The topological polar surface area (TPSA) is 33.6 Å². The largest absolute Gasteiger partial charge is 0.377 e. The van der Waals surface area contributed by atoms with E-state index in [1.54, 1.807) is 0 Å². The number of hydrogen-bond acceptors (Lipinski definition) is 3. The van der Waals surface area contributed by atoms with Crippen LogP contribution in [-0.4, -0.2) is 31.6 Å². The van der Waals surface area contributed by atoms with Crippen molar-refractivity contribution in [2.24, 2.45) is 4.99 Å². The van der Waals surface area contributed by atoms with Crippen molar-refractivity contribution in [2.45, 2.75) is 12.1 Å². The second kappa shape index (κ2) is 1.45. The summed E-state index contributed by atoms with van der Waals surface area (Å²) in [6.45, 7) is 1.56. The van der Waals surface area contributed by atoms with Crippen LogP contribution >= 0.6 is 0 Å². The number of rotatable bonds is 0. The zero-order valence-electron chi connectivity index (χ0n) is 4.42. The molecular weight excluding hydrogens is 104 g/mol. The number of nitrogens with zero attached hydrogens (tertiary/aromatic N) is 1. The van der Waals surface area contributed by atoms with Crippen LogP contribution in [0.15, 0.2) is 4.99 Å². The van der Waals surface area contributed by atoms with E-state index in [1.165, 1.54) is 0 Å². The van der Waals surface area contributed by atoms with Crippen LogP contribution in [-0.2, 0) is 4.74 Å². The van der Waals surface area contributed by atoms with Gasteiger partial charge in [0, 0.05) is 0 Å². The fraction of sp³-hybridized carbons (Fsp3) is 0.800. The number of fused-ring (bicyclic) bond motifs is 1. The molecule has 0 aromatic heterocycles.